The van der Waals surface area contributed by atoms with Crippen LogP contribution in [0.25, 0.3) is 11.3 Å². The summed E-state index contributed by atoms with van der Waals surface area (Å²) >= 11 is 0. The van der Waals surface area contributed by atoms with Gasteiger partial charge in [0.1, 0.15) is 18.0 Å². The molecule has 1 heterocycles. The molecule has 0 amide bonds. The lowest BCUT2D eigenvalue weighted by Gasteiger charge is -2.07. The van der Waals surface area contributed by atoms with Crippen molar-refractivity contribution in [2.45, 2.75) is 6.92 Å². The summed E-state index contributed by atoms with van der Waals surface area (Å²) in [6.07, 6.45) is 1.19. The highest BCUT2D eigenvalue weighted by molar-refractivity contribution is 5.63. The molecule has 1 N–H and O–H groups in total. The molecule has 18 heavy (non-hydrogen) atoms. The van der Waals surface area contributed by atoms with Gasteiger partial charge in [0, 0.05) is 24.2 Å². The van der Waals surface area contributed by atoms with Gasteiger partial charge in [0.05, 0.1) is 5.69 Å². The summed E-state index contributed by atoms with van der Waals surface area (Å²) in [5, 5.41) is 2.74. The molecular formula is C12H10F3N3. The Morgan fingerprint density at radius 2 is 1.78 bits per heavy atom. The highest BCUT2D eigenvalue weighted by atomic mass is 19.2. The molecule has 0 fully saturated rings. The van der Waals surface area contributed by atoms with Gasteiger partial charge >= 0.3 is 0 Å². The third-order valence-corrected chi connectivity index (χ3v) is 2.59. The molecule has 0 aliphatic rings. The van der Waals surface area contributed by atoms with E-state index in [1.54, 1.807) is 7.05 Å². The van der Waals surface area contributed by atoms with Crippen molar-refractivity contribution >= 4 is 5.82 Å². The van der Waals surface area contributed by atoms with Crippen LogP contribution < -0.4 is 5.32 Å². The van der Waals surface area contributed by atoms with Crippen molar-refractivity contribution in [1.82, 2.24) is 9.97 Å². The van der Waals surface area contributed by atoms with Gasteiger partial charge in [0.15, 0.2) is 11.6 Å². The third kappa shape index (κ3) is 2.01. The van der Waals surface area contributed by atoms with Crippen molar-refractivity contribution in [3.05, 3.63) is 41.5 Å². The fourth-order valence-electron chi connectivity index (χ4n) is 1.51. The molecular weight excluding hydrogens is 243 g/mol. The first-order valence-electron chi connectivity index (χ1n) is 5.19. The molecule has 0 aliphatic carbocycles. The third-order valence-electron chi connectivity index (χ3n) is 2.59. The number of anilines is 1. The topological polar surface area (TPSA) is 37.8 Å². The maximum Gasteiger partial charge on any atom is 0.168 e. The van der Waals surface area contributed by atoms with Crippen molar-refractivity contribution in [1.29, 1.82) is 0 Å². The first kappa shape index (κ1) is 12.3. The largest absolute Gasteiger partial charge is 0.373 e. The van der Waals surface area contributed by atoms with E-state index >= 15 is 0 Å². The van der Waals surface area contributed by atoms with Gasteiger partial charge in [-0.15, -0.1) is 0 Å². The number of nitrogens with zero attached hydrogens (tertiary/aromatic N) is 2. The molecule has 94 valence electrons. The molecule has 0 aliphatic heterocycles. The van der Waals surface area contributed by atoms with E-state index in [2.05, 4.69) is 15.3 Å². The van der Waals surface area contributed by atoms with E-state index in [9.17, 15) is 13.2 Å². The summed E-state index contributed by atoms with van der Waals surface area (Å²) in [6, 6.07) is 2.34. The molecule has 3 nitrogen and oxygen atoms in total. The lowest BCUT2D eigenvalue weighted by atomic mass is 10.1. The zero-order valence-electron chi connectivity index (χ0n) is 9.76. The maximum absolute atomic E-state index is 13.7. The predicted octanol–water partition coefficient (Wildman–Crippen LogP) is 2.91. The quantitative estimate of drug-likeness (QED) is 0.836. The van der Waals surface area contributed by atoms with Crippen LogP contribution in [0.3, 0.4) is 0 Å². The number of halogens is 3. The summed E-state index contributed by atoms with van der Waals surface area (Å²) < 4.78 is 40.6. The van der Waals surface area contributed by atoms with Crippen molar-refractivity contribution in [2.75, 3.05) is 12.4 Å². The van der Waals surface area contributed by atoms with E-state index in [1.807, 2.05) is 0 Å². The second kappa shape index (κ2) is 4.64. The highest BCUT2D eigenvalue weighted by Crippen LogP contribution is 2.27. The number of rotatable bonds is 2. The molecule has 0 saturated carbocycles. The Morgan fingerprint density at radius 3 is 2.44 bits per heavy atom. The molecule has 0 atom stereocenters. The molecule has 0 unspecified atom stereocenters. The van der Waals surface area contributed by atoms with Crippen LogP contribution in [-0.2, 0) is 0 Å². The number of benzene rings is 1. The Kier molecular flexibility index (Phi) is 3.18. The average molecular weight is 253 g/mol. The van der Waals surface area contributed by atoms with Crippen LogP contribution in [0.1, 0.15) is 5.56 Å². The van der Waals surface area contributed by atoms with Crippen LogP contribution in [-0.4, -0.2) is 17.0 Å². The maximum atomic E-state index is 13.7. The zero-order chi connectivity index (χ0) is 13.3. The van der Waals surface area contributed by atoms with E-state index in [0.29, 0.717) is 5.82 Å². The van der Waals surface area contributed by atoms with E-state index in [4.69, 9.17) is 0 Å². The molecule has 1 aromatic carbocycles. The van der Waals surface area contributed by atoms with Gasteiger partial charge in [-0.3, -0.25) is 0 Å². The van der Waals surface area contributed by atoms with Crippen LogP contribution >= 0.6 is 0 Å². The fourth-order valence-corrected chi connectivity index (χ4v) is 1.51. The molecule has 1 aromatic heterocycles. The van der Waals surface area contributed by atoms with Gasteiger partial charge < -0.3 is 5.32 Å². The minimum atomic E-state index is -1.20. The molecule has 2 rings (SSSR count). The molecule has 0 spiro atoms. The van der Waals surface area contributed by atoms with E-state index in [0.717, 1.165) is 6.07 Å². The number of aromatic nitrogens is 2. The number of hydrogen-bond donors (Lipinski definition) is 1. The van der Waals surface area contributed by atoms with Crippen molar-refractivity contribution < 1.29 is 13.2 Å². The summed E-state index contributed by atoms with van der Waals surface area (Å²) in [7, 11) is 1.62. The zero-order valence-corrected chi connectivity index (χ0v) is 9.76. The van der Waals surface area contributed by atoms with Gasteiger partial charge in [0.25, 0.3) is 0 Å². The Hall–Kier alpha value is -2.11. The molecule has 0 radical (unpaired) electrons. The van der Waals surface area contributed by atoms with Gasteiger partial charge in [-0.2, -0.15) is 0 Å². The van der Waals surface area contributed by atoms with Crippen LogP contribution in [0.4, 0.5) is 19.0 Å². The van der Waals surface area contributed by atoms with E-state index < -0.39 is 17.5 Å². The number of nitrogens with one attached hydrogen (secondary N) is 1. The Bertz CT molecular complexity index is 599. The highest BCUT2D eigenvalue weighted by Gasteiger charge is 2.18. The van der Waals surface area contributed by atoms with Crippen molar-refractivity contribution in [3.8, 4) is 11.3 Å². The fraction of sp³-hybridized carbons (Fsp3) is 0.167. The second-order valence-corrected chi connectivity index (χ2v) is 3.70. The summed E-state index contributed by atoms with van der Waals surface area (Å²) in [6.45, 7) is 1.18. The summed E-state index contributed by atoms with van der Waals surface area (Å²) in [5.74, 6) is -2.70. The Labute approximate surface area is 102 Å². The lowest BCUT2D eigenvalue weighted by molar-refractivity contribution is 0.488. The Balaban J connectivity index is 2.63. The molecule has 0 bridgehead atoms. The first-order chi connectivity index (χ1) is 8.54. The van der Waals surface area contributed by atoms with E-state index in [1.165, 1.54) is 19.3 Å². The number of hydrogen-bond acceptors (Lipinski definition) is 3. The van der Waals surface area contributed by atoms with Gasteiger partial charge in [-0.25, -0.2) is 23.1 Å². The smallest absolute Gasteiger partial charge is 0.168 e. The Morgan fingerprint density at radius 1 is 1.06 bits per heavy atom. The normalized spacial score (nSPS) is 10.5. The van der Waals surface area contributed by atoms with Crippen molar-refractivity contribution in [2.24, 2.45) is 0 Å². The molecule has 0 saturated heterocycles. The van der Waals surface area contributed by atoms with Gasteiger partial charge in [-0.05, 0) is 13.0 Å². The second-order valence-electron chi connectivity index (χ2n) is 3.70. The summed E-state index contributed by atoms with van der Waals surface area (Å²) in [4.78, 5) is 7.65. The van der Waals surface area contributed by atoms with Crippen LogP contribution in [0.2, 0.25) is 0 Å². The van der Waals surface area contributed by atoms with Gasteiger partial charge in [-0.1, -0.05) is 0 Å². The monoisotopic (exact) mass is 253 g/mol. The summed E-state index contributed by atoms with van der Waals surface area (Å²) in [5.41, 5.74) is -0.460. The minimum Gasteiger partial charge on any atom is -0.373 e. The van der Waals surface area contributed by atoms with Gasteiger partial charge in [0.2, 0.25) is 0 Å². The van der Waals surface area contributed by atoms with Crippen LogP contribution in [0.15, 0.2) is 18.5 Å². The predicted molar refractivity (Wildman–Crippen MR) is 61.6 cm³/mol. The standard InChI is InChI=1S/C12H10F3N3/c1-6-8(13)3-7(12(15)11(6)14)9-4-10(16-2)18-5-17-9/h3-5H,1-2H3,(H,16,17,18). The lowest BCUT2D eigenvalue weighted by Crippen LogP contribution is -2.00. The van der Waals surface area contributed by atoms with Crippen LogP contribution in [0, 0.1) is 24.4 Å². The van der Waals surface area contributed by atoms with Crippen molar-refractivity contribution in [3.63, 3.8) is 0 Å². The average Bonchev–Trinajstić information content (AvgIpc) is 2.40. The van der Waals surface area contributed by atoms with Crippen LogP contribution in [0.5, 0.6) is 0 Å². The molecule has 2 aromatic rings. The SMILES string of the molecule is CNc1cc(-c2cc(F)c(C)c(F)c2F)ncn1. The minimum absolute atomic E-state index is 0.115. The first-order valence-corrected chi connectivity index (χ1v) is 5.19. The van der Waals surface area contributed by atoms with E-state index in [-0.39, 0.29) is 16.8 Å². The molecule has 6 heteroatoms.